The number of hydrogen-bond donors (Lipinski definition) is 1. The summed E-state index contributed by atoms with van der Waals surface area (Å²) < 4.78 is 27.9. The zero-order valence-corrected chi connectivity index (χ0v) is 18.1. The molecule has 0 aliphatic carbocycles. The maximum absolute atomic E-state index is 13.2. The minimum Gasteiger partial charge on any atom is -0.480 e. The van der Waals surface area contributed by atoms with Crippen LogP contribution in [0.5, 0.6) is 0 Å². The van der Waals surface area contributed by atoms with Gasteiger partial charge in [0.1, 0.15) is 0 Å². The fraction of sp³-hybridized carbons (Fsp3) is 0.632. The highest BCUT2D eigenvalue weighted by molar-refractivity contribution is 7.89. The van der Waals surface area contributed by atoms with Gasteiger partial charge in [-0.15, -0.1) is 12.4 Å². The Morgan fingerprint density at radius 1 is 1.22 bits per heavy atom. The van der Waals surface area contributed by atoms with Crippen molar-refractivity contribution in [3.8, 4) is 0 Å². The van der Waals surface area contributed by atoms with Crippen molar-refractivity contribution >= 4 is 28.4 Å². The number of hydrogen-bond acceptors (Lipinski definition) is 4. The predicted molar refractivity (Wildman–Crippen MR) is 109 cm³/mol. The van der Waals surface area contributed by atoms with Crippen LogP contribution in [0.15, 0.2) is 29.2 Å². The summed E-state index contributed by atoms with van der Waals surface area (Å²) in [5.74, 6) is -0.846. The molecule has 0 saturated carbocycles. The molecule has 1 saturated heterocycles. The second-order valence-corrected chi connectivity index (χ2v) is 9.74. The molecule has 0 unspecified atom stereocenters. The number of benzene rings is 1. The van der Waals surface area contributed by atoms with E-state index in [4.69, 9.17) is 5.11 Å². The third-order valence-corrected chi connectivity index (χ3v) is 6.95. The van der Waals surface area contributed by atoms with Crippen molar-refractivity contribution in [1.82, 2.24) is 9.21 Å². The van der Waals surface area contributed by atoms with Gasteiger partial charge in [-0.2, -0.15) is 4.31 Å². The number of halogens is 1. The molecule has 0 atom stereocenters. The molecule has 154 valence electrons. The van der Waals surface area contributed by atoms with Crippen molar-refractivity contribution in [1.29, 1.82) is 0 Å². The minimum absolute atomic E-state index is 0. The summed E-state index contributed by atoms with van der Waals surface area (Å²) in [6.45, 7) is 9.46. The number of carboxylic acids is 1. The van der Waals surface area contributed by atoms with Crippen LogP contribution in [0.3, 0.4) is 0 Å². The van der Waals surface area contributed by atoms with E-state index in [0.29, 0.717) is 37.4 Å². The predicted octanol–water partition coefficient (Wildman–Crippen LogP) is 2.97. The first-order valence-electron chi connectivity index (χ1n) is 9.13. The molecular weight excluding hydrogens is 388 g/mol. The van der Waals surface area contributed by atoms with Crippen LogP contribution in [-0.2, 0) is 20.2 Å². The molecule has 0 amide bonds. The van der Waals surface area contributed by atoms with E-state index < -0.39 is 16.0 Å². The number of nitrogens with zero attached hydrogens (tertiary/aromatic N) is 2. The van der Waals surface area contributed by atoms with Gasteiger partial charge < -0.3 is 5.11 Å². The van der Waals surface area contributed by atoms with E-state index in [1.54, 1.807) is 16.4 Å². The summed E-state index contributed by atoms with van der Waals surface area (Å²) in [6, 6.07) is 7.31. The molecule has 0 radical (unpaired) electrons. The lowest BCUT2D eigenvalue weighted by Gasteiger charge is -2.37. The minimum atomic E-state index is -3.56. The highest BCUT2D eigenvalue weighted by Gasteiger charge is 2.34. The van der Waals surface area contributed by atoms with Crippen LogP contribution in [0.2, 0.25) is 0 Å². The molecule has 1 aliphatic heterocycles. The molecule has 0 spiro atoms. The monoisotopic (exact) mass is 418 g/mol. The van der Waals surface area contributed by atoms with Gasteiger partial charge in [0.05, 0.1) is 11.4 Å². The standard InChI is InChI=1S/C19H30N2O4S.ClH/c1-5-20(14-18(22)23)15-10-12-21(13-11-15)26(24,25)17-9-7-6-8-16(17)19(2,3)4;/h6-9,15H,5,10-14H2,1-4H3,(H,22,23);1H. The molecule has 1 aromatic carbocycles. The molecule has 6 nitrogen and oxygen atoms in total. The Hall–Kier alpha value is -1.15. The zero-order valence-electron chi connectivity index (χ0n) is 16.5. The molecule has 1 aromatic rings. The van der Waals surface area contributed by atoms with Crippen molar-refractivity contribution in [2.45, 2.75) is 56.9 Å². The number of likely N-dealkylation sites (N-methyl/N-ethyl adjacent to an activating group) is 1. The summed E-state index contributed by atoms with van der Waals surface area (Å²) in [6.07, 6.45) is 1.30. The lowest BCUT2D eigenvalue weighted by molar-refractivity contribution is -0.139. The summed E-state index contributed by atoms with van der Waals surface area (Å²) in [5, 5.41) is 9.03. The third kappa shape index (κ3) is 5.67. The van der Waals surface area contributed by atoms with Crippen molar-refractivity contribution in [2.75, 3.05) is 26.2 Å². The SMILES string of the molecule is CCN(CC(=O)O)C1CCN(S(=O)(=O)c2ccccc2C(C)(C)C)CC1.Cl. The Balaban J connectivity index is 0.00000364. The molecule has 8 heteroatoms. The first-order valence-corrected chi connectivity index (χ1v) is 10.6. The molecular formula is C19H31ClN2O4S. The van der Waals surface area contributed by atoms with Crippen molar-refractivity contribution < 1.29 is 18.3 Å². The van der Waals surface area contributed by atoms with Crippen LogP contribution in [0.4, 0.5) is 0 Å². The van der Waals surface area contributed by atoms with Crippen LogP contribution in [0.1, 0.15) is 46.1 Å². The molecule has 0 aromatic heterocycles. The van der Waals surface area contributed by atoms with Crippen LogP contribution in [-0.4, -0.2) is 60.9 Å². The summed E-state index contributed by atoms with van der Waals surface area (Å²) in [5.41, 5.74) is 0.561. The highest BCUT2D eigenvalue weighted by atomic mass is 35.5. The maximum Gasteiger partial charge on any atom is 0.317 e. The number of sulfonamides is 1. The lowest BCUT2D eigenvalue weighted by Crippen LogP contribution is -2.48. The zero-order chi connectivity index (χ0) is 19.5. The van der Waals surface area contributed by atoms with Gasteiger partial charge in [0.25, 0.3) is 0 Å². The van der Waals surface area contributed by atoms with E-state index in [2.05, 4.69) is 0 Å². The molecule has 1 heterocycles. The van der Waals surface area contributed by atoms with Gasteiger partial charge in [-0.3, -0.25) is 9.69 Å². The van der Waals surface area contributed by atoms with Gasteiger partial charge in [-0.25, -0.2) is 8.42 Å². The molecule has 1 N–H and O–H groups in total. The average molecular weight is 419 g/mol. The first kappa shape index (κ1) is 23.9. The Kier molecular flexibility index (Phi) is 8.29. The number of carbonyl (C=O) groups is 1. The van der Waals surface area contributed by atoms with Gasteiger partial charge in [0.2, 0.25) is 10.0 Å². The van der Waals surface area contributed by atoms with E-state index in [-0.39, 0.29) is 30.4 Å². The van der Waals surface area contributed by atoms with Crippen LogP contribution in [0.25, 0.3) is 0 Å². The molecule has 1 fully saturated rings. The fourth-order valence-corrected chi connectivity index (χ4v) is 5.44. The topological polar surface area (TPSA) is 77.9 Å². The van der Waals surface area contributed by atoms with Gasteiger partial charge >= 0.3 is 5.97 Å². The second-order valence-electron chi connectivity index (χ2n) is 7.84. The molecule has 2 rings (SSSR count). The van der Waals surface area contributed by atoms with Gasteiger partial charge in [0, 0.05) is 19.1 Å². The quantitative estimate of drug-likeness (QED) is 0.768. The summed E-state index contributed by atoms with van der Waals surface area (Å²) in [4.78, 5) is 13.3. The second kappa shape index (κ2) is 9.37. The van der Waals surface area contributed by atoms with Crippen molar-refractivity contribution in [3.63, 3.8) is 0 Å². The number of aliphatic carboxylic acids is 1. The van der Waals surface area contributed by atoms with E-state index >= 15 is 0 Å². The third-order valence-electron chi connectivity index (χ3n) is 5.00. The Bertz CT molecular complexity index is 738. The van der Waals surface area contributed by atoms with E-state index in [1.807, 2.05) is 44.7 Å². The van der Waals surface area contributed by atoms with Gasteiger partial charge in [-0.05, 0) is 36.4 Å². The Morgan fingerprint density at radius 3 is 2.26 bits per heavy atom. The first-order chi connectivity index (χ1) is 12.1. The van der Waals surface area contributed by atoms with E-state index in [1.165, 1.54) is 0 Å². The summed E-state index contributed by atoms with van der Waals surface area (Å²) in [7, 11) is -3.56. The van der Waals surface area contributed by atoms with Crippen molar-refractivity contribution in [3.05, 3.63) is 29.8 Å². The Labute approximate surface area is 169 Å². The van der Waals surface area contributed by atoms with Crippen LogP contribution < -0.4 is 0 Å². The molecule has 0 bridgehead atoms. The van der Waals surface area contributed by atoms with Gasteiger partial charge in [0.15, 0.2) is 0 Å². The normalized spacial score (nSPS) is 16.9. The molecule has 27 heavy (non-hydrogen) atoms. The smallest absolute Gasteiger partial charge is 0.317 e. The van der Waals surface area contributed by atoms with E-state index in [9.17, 15) is 13.2 Å². The van der Waals surface area contributed by atoms with E-state index in [0.717, 1.165) is 5.56 Å². The van der Waals surface area contributed by atoms with Crippen molar-refractivity contribution in [2.24, 2.45) is 0 Å². The van der Waals surface area contributed by atoms with Gasteiger partial charge in [-0.1, -0.05) is 45.9 Å². The largest absolute Gasteiger partial charge is 0.480 e. The molecule has 1 aliphatic rings. The van der Waals surface area contributed by atoms with Crippen LogP contribution in [0, 0.1) is 0 Å². The lowest BCUT2D eigenvalue weighted by atomic mass is 9.87. The fourth-order valence-electron chi connectivity index (χ4n) is 3.57. The number of piperidine rings is 1. The van der Waals surface area contributed by atoms with Crippen LogP contribution >= 0.6 is 12.4 Å². The number of rotatable bonds is 6. The average Bonchev–Trinajstić information content (AvgIpc) is 2.59. The Morgan fingerprint density at radius 2 is 1.78 bits per heavy atom. The summed E-state index contributed by atoms with van der Waals surface area (Å²) >= 11 is 0. The maximum atomic E-state index is 13.2. The highest BCUT2D eigenvalue weighted by Crippen LogP contribution is 2.32. The number of carboxylic acid groups (broad SMARTS) is 1.